The fourth-order valence-electron chi connectivity index (χ4n) is 1.98. The minimum Gasteiger partial charge on any atom is -0.468 e. The molecule has 0 aliphatic carbocycles. The van der Waals surface area contributed by atoms with Crippen molar-refractivity contribution in [2.45, 2.75) is 6.04 Å². The van der Waals surface area contributed by atoms with Crippen LogP contribution in [0.4, 0.5) is 0 Å². The Hall–Kier alpha value is -2.13. The van der Waals surface area contributed by atoms with Crippen LogP contribution in [0.5, 0.6) is 0 Å². The van der Waals surface area contributed by atoms with E-state index in [4.69, 9.17) is 0 Å². The van der Waals surface area contributed by atoms with Gasteiger partial charge in [0, 0.05) is 0 Å². The van der Waals surface area contributed by atoms with Gasteiger partial charge in [-0.3, -0.25) is 10.1 Å². The maximum atomic E-state index is 11.3. The molecule has 1 N–H and O–H groups in total. The van der Waals surface area contributed by atoms with Gasteiger partial charge in [0.2, 0.25) is 0 Å². The maximum absolute atomic E-state index is 11.3. The second kappa shape index (κ2) is 6.71. The molecule has 0 aliphatic rings. The molecule has 0 amide bonds. The molecule has 0 fully saturated rings. The summed E-state index contributed by atoms with van der Waals surface area (Å²) in [5, 5.41) is 3.23. The fourth-order valence-corrected chi connectivity index (χ4v) is 1.98. The van der Waals surface area contributed by atoms with Crippen LogP contribution in [0.25, 0.3) is 0 Å². The van der Waals surface area contributed by atoms with Gasteiger partial charge in [0.15, 0.2) is 0 Å². The Morgan fingerprint density at radius 1 is 1.00 bits per heavy atom. The number of carbonyl (C=O) groups is 1. The Balaban J connectivity index is 2.21. The summed E-state index contributed by atoms with van der Waals surface area (Å²) in [5.74, 6) is -0.267. The number of rotatable bonds is 5. The molecule has 0 saturated carbocycles. The van der Waals surface area contributed by atoms with E-state index in [2.05, 4.69) is 10.1 Å². The zero-order valence-electron chi connectivity index (χ0n) is 10.9. The molecule has 3 nitrogen and oxygen atoms in total. The normalized spacial score (nSPS) is 10.4. The van der Waals surface area contributed by atoms with Gasteiger partial charge >= 0.3 is 5.97 Å². The first-order valence-electron chi connectivity index (χ1n) is 6.21. The highest BCUT2D eigenvalue weighted by Crippen LogP contribution is 2.21. The Bertz CT molecular complexity index is 471. The minimum atomic E-state index is -0.267. The van der Waals surface area contributed by atoms with Crippen LogP contribution in [0.1, 0.15) is 17.2 Å². The summed E-state index contributed by atoms with van der Waals surface area (Å²) in [6, 6.07) is 20.1. The van der Waals surface area contributed by atoms with Crippen molar-refractivity contribution in [2.75, 3.05) is 13.7 Å². The Morgan fingerprint density at radius 3 is 1.89 bits per heavy atom. The van der Waals surface area contributed by atoms with Gasteiger partial charge in [-0.2, -0.15) is 0 Å². The van der Waals surface area contributed by atoms with Crippen LogP contribution in [-0.2, 0) is 9.53 Å². The predicted octanol–water partition coefficient (Wildman–Crippen LogP) is 2.54. The second-order valence-corrected chi connectivity index (χ2v) is 4.21. The van der Waals surface area contributed by atoms with Gasteiger partial charge in [0.05, 0.1) is 19.7 Å². The maximum Gasteiger partial charge on any atom is 0.319 e. The first kappa shape index (κ1) is 13.3. The Labute approximate surface area is 113 Å². The Morgan fingerprint density at radius 2 is 1.47 bits per heavy atom. The van der Waals surface area contributed by atoms with E-state index in [1.807, 2.05) is 60.7 Å². The second-order valence-electron chi connectivity index (χ2n) is 4.21. The third-order valence-electron chi connectivity index (χ3n) is 2.94. The van der Waals surface area contributed by atoms with E-state index in [9.17, 15) is 4.79 Å². The van der Waals surface area contributed by atoms with E-state index in [0.29, 0.717) is 0 Å². The molecule has 0 heterocycles. The highest BCUT2D eigenvalue weighted by molar-refractivity contribution is 5.71. The molecule has 0 saturated heterocycles. The largest absolute Gasteiger partial charge is 0.468 e. The molecule has 3 heteroatoms. The van der Waals surface area contributed by atoms with Crippen LogP contribution in [-0.4, -0.2) is 19.6 Å². The molecule has 0 spiro atoms. The van der Waals surface area contributed by atoms with Gasteiger partial charge in [0.25, 0.3) is 0 Å². The lowest BCUT2D eigenvalue weighted by molar-refractivity contribution is -0.139. The van der Waals surface area contributed by atoms with Crippen molar-refractivity contribution >= 4 is 5.97 Å². The third-order valence-corrected chi connectivity index (χ3v) is 2.94. The summed E-state index contributed by atoms with van der Waals surface area (Å²) < 4.78 is 4.67. The number of hydrogen-bond donors (Lipinski definition) is 1. The number of methoxy groups -OCH3 is 1. The number of esters is 1. The number of benzene rings is 2. The van der Waals surface area contributed by atoms with Gasteiger partial charge in [-0.15, -0.1) is 0 Å². The average molecular weight is 255 g/mol. The number of carbonyl (C=O) groups excluding carboxylic acids is 1. The van der Waals surface area contributed by atoms with Crippen molar-refractivity contribution in [3.63, 3.8) is 0 Å². The molecule has 0 aliphatic heterocycles. The predicted molar refractivity (Wildman–Crippen MR) is 74.7 cm³/mol. The summed E-state index contributed by atoms with van der Waals surface area (Å²) >= 11 is 0. The fraction of sp³-hybridized carbons (Fsp3) is 0.188. The summed E-state index contributed by atoms with van der Waals surface area (Å²) in [7, 11) is 1.39. The van der Waals surface area contributed by atoms with Crippen LogP contribution < -0.4 is 5.32 Å². The number of nitrogens with one attached hydrogen (secondary N) is 1. The zero-order valence-corrected chi connectivity index (χ0v) is 10.9. The number of ether oxygens (including phenoxy) is 1. The molecule has 2 aromatic rings. The highest BCUT2D eigenvalue weighted by Gasteiger charge is 2.14. The quantitative estimate of drug-likeness (QED) is 0.834. The van der Waals surface area contributed by atoms with Crippen molar-refractivity contribution in [3.8, 4) is 0 Å². The molecule has 0 radical (unpaired) electrons. The first-order valence-corrected chi connectivity index (χ1v) is 6.21. The van der Waals surface area contributed by atoms with Gasteiger partial charge in [-0.05, 0) is 11.1 Å². The SMILES string of the molecule is COC(=O)CNC(c1ccccc1)c1ccccc1. The molecule has 0 bridgehead atoms. The molecular formula is C16H17NO2. The smallest absolute Gasteiger partial charge is 0.319 e. The summed E-state index contributed by atoms with van der Waals surface area (Å²) in [5.41, 5.74) is 2.25. The van der Waals surface area contributed by atoms with Crippen molar-refractivity contribution < 1.29 is 9.53 Å². The molecule has 2 aromatic carbocycles. The average Bonchev–Trinajstić information content (AvgIpc) is 2.49. The zero-order chi connectivity index (χ0) is 13.5. The van der Waals surface area contributed by atoms with E-state index < -0.39 is 0 Å². The van der Waals surface area contributed by atoms with Crippen molar-refractivity contribution in [3.05, 3.63) is 71.8 Å². The van der Waals surface area contributed by atoms with Crippen LogP contribution in [0, 0.1) is 0 Å². The summed E-state index contributed by atoms with van der Waals surface area (Å²) in [6.45, 7) is 0.185. The molecule has 98 valence electrons. The summed E-state index contributed by atoms with van der Waals surface area (Å²) in [4.78, 5) is 11.3. The van der Waals surface area contributed by atoms with E-state index in [-0.39, 0.29) is 18.6 Å². The van der Waals surface area contributed by atoms with Crippen molar-refractivity contribution in [1.82, 2.24) is 5.32 Å². The molecule has 2 rings (SSSR count). The highest BCUT2D eigenvalue weighted by atomic mass is 16.5. The van der Waals surface area contributed by atoms with Gasteiger partial charge in [0.1, 0.15) is 0 Å². The van der Waals surface area contributed by atoms with Crippen LogP contribution in [0.2, 0.25) is 0 Å². The van der Waals surface area contributed by atoms with Gasteiger partial charge in [-0.25, -0.2) is 0 Å². The van der Waals surface area contributed by atoms with E-state index in [1.165, 1.54) is 7.11 Å². The minimum absolute atomic E-state index is 0.0125. The van der Waals surface area contributed by atoms with Crippen molar-refractivity contribution in [1.29, 1.82) is 0 Å². The van der Waals surface area contributed by atoms with E-state index in [0.717, 1.165) is 11.1 Å². The Kier molecular flexibility index (Phi) is 4.70. The summed E-state index contributed by atoms with van der Waals surface area (Å²) in [6.07, 6.45) is 0. The molecule has 0 atom stereocenters. The third kappa shape index (κ3) is 3.66. The van der Waals surface area contributed by atoms with Crippen LogP contribution in [0.3, 0.4) is 0 Å². The lowest BCUT2D eigenvalue weighted by Gasteiger charge is -2.19. The van der Waals surface area contributed by atoms with Gasteiger partial charge < -0.3 is 4.74 Å². The molecule has 19 heavy (non-hydrogen) atoms. The standard InChI is InChI=1S/C16H17NO2/c1-19-15(18)12-17-16(13-8-4-2-5-9-13)14-10-6-3-7-11-14/h2-11,16-17H,12H2,1H3. The topological polar surface area (TPSA) is 38.3 Å². The molecule has 0 unspecified atom stereocenters. The molecular weight excluding hydrogens is 238 g/mol. The monoisotopic (exact) mass is 255 g/mol. The van der Waals surface area contributed by atoms with E-state index >= 15 is 0 Å². The lowest BCUT2D eigenvalue weighted by Crippen LogP contribution is -2.29. The van der Waals surface area contributed by atoms with Crippen LogP contribution >= 0.6 is 0 Å². The van der Waals surface area contributed by atoms with E-state index in [1.54, 1.807) is 0 Å². The number of hydrogen-bond acceptors (Lipinski definition) is 3. The van der Waals surface area contributed by atoms with Crippen LogP contribution in [0.15, 0.2) is 60.7 Å². The van der Waals surface area contributed by atoms with Crippen molar-refractivity contribution in [2.24, 2.45) is 0 Å². The van der Waals surface area contributed by atoms with Gasteiger partial charge in [-0.1, -0.05) is 60.7 Å². The first-order chi connectivity index (χ1) is 9.31. The molecule has 0 aromatic heterocycles. The lowest BCUT2D eigenvalue weighted by atomic mass is 9.99.